The van der Waals surface area contributed by atoms with Crippen LogP contribution < -0.4 is 10.2 Å². The highest BCUT2D eigenvalue weighted by molar-refractivity contribution is 7.13. The molecule has 0 amide bonds. The Balaban J connectivity index is 1.96. The molecular weight excluding hydrogens is 246 g/mol. The zero-order valence-corrected chi connectivity index (χ0v) is 12.3. The van der Waals surface area contributed by atoms with Gasteiger partial charge in [0.15, 0.2) is 5.13 Å². The fourth-order valence-corrected chi connectivity index (χ4v) is 3.03. The molecule has 0 saturated carbocycles. The Labute approximate surface area is 113 Å². The van der Waals surface area contributed by atoms with Crippen LogP contribution in [0.15, 0.2) is 5.38 Å². The Morgan fingerprint density at radius 3 is 3.22 bits per heavy atom. The van der Waals surface area contributed by atoms with E-state index >= 15 is 0 Å². The molecule has 1 aromatic heterocycles. The van der Waals surface area contributed by atoms with Crippen molar-refractivity contribution in [2.75, 3.05) is 31.1 Å². The molecule has 1 saturated heterocycles. The van der Waals surface area contributed by atoms with Crippen molar-refractivity contribution in [1.29, 1.82) is 0 Å². The van der Waals surface area contributed by atoms with Crippen LogP contribution in [0.2, 0.25) is 0 Å². The zero-order valence-electron chi connectivity index (χ0n) is 11.5. The van der Waals surface area contributed by atoms with Crippen LogP contribution in [0.1, 0.15) is 38.9 Å². The van der Waals surface area contributed by atoms with E-state index in [0.717, 1.165) is 43.5 Å². The molecule has 2 heterocycles. The summed E-state index contributed by atoms with van der Waals surface area (Å²) in [6, 6.07) is 0.341. The molecular formula is C13H23N3OS. The van der Waals surface area contributed by atoms with E-state index in [1.165, 1.54) is 0 Å². The van der Waals surface area contributed by atoms with Crippen LogP contribution in [-0.4, -0.2) is 37.3 Å². The van der Waals surface area contributed by atoms with E-state index in [1.54, 1.807) is 11.3 Å². The summed E-state index contributed by atoms with van der Waals surface area (Å²) in [6.45, 7) is 10.2. The Hall–Kier alpha value is -0.650. The standard InChI is InChI=1S/C13H23N3OS/c1-4-5-14-11(3)12-9-18-13(15-12)16-6-7-17-10(2)8-16/h9-11,14H,4-8H2,1-3H3. The molecule has 102 valence electrons. The van der Waals surface area contributed by atoms with E-state index in [0.29, 0.717) is 12.1 Å². The minimum absolute atomic E-state index is 0.307. The zero-order chi connectivity index (χ0) is 13.0. The van der Waals surface area contributed by atoms with Crippen molar-refractivity contribution in [2.24, 2.45) is 0 Å². The number of nitrogens with zero attached hydrogens (tertiary/aromatic N) is 2. The molecule has 1 N–H and O–H groups in total. The Kier molecular flexibility index (Phi) is 4.97. The molecule has 0 spiro atoms. The van der Waals surface area contributed by atoms with Gasteiger partial charge in [-0.15, -0.1) is 11.3 Å². The van der Waals surface area contributed by atoms with Gasteiger partial charge in [-0.3, -0.25) is 0 Å². The van der Waals surface area contributed by atoms with Crippen molar-refractivity contribution in [3.05, 3.63) is 11.1 Å². The van der Waals surface area contributed by atoms with Crippen molar-refractivity contribution in [1.82, 2.24) is 10.3 Å². The molecule has 2 rings (SSSR count). The summed E-state index contributed by atoms with van der Waals surface area (Å²) in [7, 11) is 0. The van der Waals surface area contributed by atoms with Crippen LogP contribution in [0.3, 0.4) is 0 Å². The van der Waals surface area contributed by atoms with Gasteiger partial charge in [-0.1, -0.05) is 6.92 Å². The number of rotatable bonds is 5. The highest BCUT2D eigenvalue weighted by Gasteiger charge is 2.20. The maximum absolute atomic E-state index is 5.56. The Morgan fingerprint density at radius 1 is 1.67 bits per heavy atom. The minimum atomic E-state index is 0.307. The van der Waals surface area contributed by atoms with E-state index in [9.17, 15) is 0 Å². The van der Waals surface area contributed by atoms with Crippen molar-refractivity contribution in [3.8, 4) is 0 Å². The van der Waals surface area contributed by atoms with Gasteiger partial charge in [0.25, 0.3) is 0 Å². The highest BCUT2D eigenvalue weighted by Crippen LogP contribution is 2.25. The first kappa shape index (κ1) is 13.8. The maximum atomic E-state index is 5.56. The minimum Gasteiger partial charge on any atom is -0.375 e. The molecule has 5 heteroatoms. The second kappa shape index (κ2) is 6.50. The number of anilines is 1. The Bertz CT molecular complexity index is 369. The molecule has 0 aromatic carbocycles. The fourth-order valence-electron chi connectivity index (χ4n) is 2.08. The van der Waals surface area contributed by atoms with Crippen molar-refractivity contribution in [3.63, 3.8) is 0 Å². The summed E-state index contributed by atoms with van der Waals surface area (Å²) in [6.07, 6.45) is 1.46. The van der Waals surface area contributed by atoms with E-state index in [-0.39, 0.29) is 0 Å². The third-order valence-electron chi connectivity index (χ3n) is 3.17. The van der Waals surface area contributed by atoms with Crippen LogP contribution in [0.4, 0.5) is 5.13 Å². The fraction of sp³-hybridized carbons (Fsp3) is 0.769. The van der Waals surface area contributed by atoms with Gasteiger partial charge in [-0.25, -0.2) is 4.98 Å². The number of ether oxygens (including phenoxy) is 1. The largest absolute Gasteiger partial charge is 0.375 e. The number of hydrogen-bond donors (Lipinski definition) is 1. The molecule has 0 bridgehead atoms. The summed E-state index contributed by atoms with van der Waals surface area (Å²) < 4.78 is 5.56. The lowest BCUT2D eigenvalue weighted by Crippen LogP contribution is -2.41. The van der Waals surface area contributed by atoms with Gasteiger partial charge in [-0.05, 0) is 26.8 Å². The lowest BCUT2D eigenvalue weighted by molar-refractivity contribution is 0.0532. The SMILES string of the molecule is CCCNC(C)c1csc(N2CCOC(C)C2)n1. The van der Waals surface area contributed by atoms with Gasteiger partial charge in [0.1, 0.15) is 0 Å². The van der Waals surface area contributed by atoms with E-state index in [1.807, 2.05) is 0 Å². The molecule has 2 atom stereocenters. The number of nitrogens with one attached hydrogen (secondary N) is 1. The van der Waals surface area contributed by atoms with Crippen molar-refractivity contribution < 1.29 is 4.74 Å². The number of hydrogen-bond acceptors (Lipinski definition) is 5. The van der Waals surface area contributed by atoms with E-state index < -0.39 is 0 Å². The number of morpholine rings is 1. The predicted octanol–water partition coefficient (Wildman–Crippen LogP) is 2.43. The van der Waals surface area contributed by atoms with Gasteiger partial charge in [0.2, 0.25) is 0 Å². The first-order valence-corrected chi connectivity index (χ1v) is 7.64. The number of aromatic nitrogens is 1. The van der Waals surface area contributed by atoms with Gasteiger partial charge < -0.3 is 15.0 Å². The van der Waals surface area contributed by atoms with E-state index in [4.69, 9.17) is 9.72 Å². The van der Waals surface area contributed by atoms with Crippen LogP contribution >= 0.6 is 11.3 Å². The van der Waals surface area contributed by atoms with Crippen LogP contribution in [0, 0.1) is 0 Å². The molecule has 0 radical (unpaired) electrons. The van der Waals surface area contributed by atoms with E-state index in [2.05, 4.69) is 36.4 Å². The van der Waals surface area contributed by atoms with Crippen molar-refractivity contribution in [2.45, 2.75) is 39.3 Å². The molecule has 1 fully saturated rings. The second-order valence-corrected chi connectivity index (χ2v) is 5.69. The lowest BCUT2D eigenvalue weighted by Gasteiger charge is -2.30. The quantitative estimate of drug-likeness (QED) is 0.891. The molecule has 1 aliphatic heterocycles. The first-order chi connectivity index (χ1) is 8.70. The van der Waals surface area contributed by atoms with Crippen LogP contribution in [-0.2, 0) is 4.74 Å². The summed E-state index contributed by atoms with van der Waals surface area (Å²) >= 11 is 1.74. The third kappa shape index (κ3) is 3.43. The van der Waals surface area contributed by atoms with Crippen LogP contribution in [0.25, 0.3) is 0 Å². The summed E-state index contributed by atoms with van der Waals surface area (Å²) in [5.74, 6) is 0. The molecule has 0 aliphatic carbocycles. The predicted molar refractivity (Wildman–Crippen MR) is 76.4 cm³/mol. The summed E-state index contributed by atoms with van der Waals surface area (Å²) in [5.41, 5.74) is 1.16. The summed E-state index contributed by atoms with van der Waals surface area (Å²) in [5, 5.41) is 6.77. The molecule has 4 nitrogen and oxygen atoms in total. The highest BCUT2D eigenvalue weighted by atomic mass is 32.1. The average molecular weight is 269 g/mol. The number of thiazole rings is 1. The topological polar surface area (TPSA) is 37.4 Å². The van der Waals surface area contributed by atoms with Crippen LogP contribution in [0.5, 0.6) is 0 Å². The average Bonchev–Trinajstić information content (AvgIpc) is 2.85. The van der Waals surface area contributed by atoms with Gasteiger partial charge in [0.05, 0.1) is 18.4 Å². The molecule has 18 heavy (non-hydrogen) atoms. The first-order valence-electron chi connectivity index (χ1n) is 6.76. The monoisotopic (exact) mass is 269 g/mol. The van der Waals surface area contributed by atoms with Gasteiger partial charge in [0, 0.05) is 24.5 Å². The van der Waals surface area contributed by atoms with Gasteiger partial charge in [-0.2, -0.15) is 0 Å². The lowest BCUT2D eigenvalue weighted by atomic mass is 10.2. The molecule has 1 aliphatic rings. The molecule has 1 aromatic rings. The van der Waals surface area contributed by atoms with Crippen molar-refractivity contribution >= 4 is 16.5 Å². The molecule has 2 unspecified atom stereocenters. The second-order valence-electron chi connectivity index (χ2n) is 4.86. The third-order valence-corrected chi connectivity index (χ3v) is 4.09. The Morgan fingerprint density at radius 2 is 2.50 bits per heavy atom. The summed E-state index contributed by atoms with van der Waals surface area (Å²) in [4.78, 5) is 7.08. The van der Waals surface area contributed by atoms with Gasteiger partial charge >= 0.3 is 0 Å². The maximum Gasteiger partial charge on any atom is 0.185 e. The normalized spacial score (nSPS) is 22.2. The smallest absolute Gasteiger partial charge is 0.185 e.